The molecule has 1 fully saturated rings. The summed E-state index contributed by atoms with van der Waals surface area (Å²) in [6.45, 7) is 3.57. The Morgan fingerprint density at radius 1 is 1.11 bits per heavy atom. The van der Waals surface area contributed by atoms with E-state index in [0.29, 0.717) is 11.3 Å². The van der Waals surface area contributed by atoms with E-state index in [2.05, 4.69) is 0 Å². The molecule has 0 radical (unpaired) electrons. The fourth-order valence-electron chi connectivity index (χ4n) is 3.64. The first-order valence-electron chi connectivity index (χ1n) is 9.33. The Morgan fingerprint density at radius 2 is 1.71 bits per heavy atom. The highest BCUT2D eigenvalue weighted by Crippen LogP contribution is 2.37. The number of rotatable bonds is 5. The molecular formula is C22H26N2O4. The maximum absolute atomic E-state index is 13.3. The number of likely N-dealkylation sites (N-methyl/N-ethyl adjacent to an activating group) is 1. The third kappa shape index (κ3) is 3.47. The van der Waals surface area contributed by atoms with E-state index in [-0.39, 0.29) is 12.1 Å². The van der Waals surface area contributed by atoms with E-state index in [1.165, 1.54) is 4.90 Å². The van der Waals surface area contributed by atoms with E-state index in [0.717, 1.165) is 5.56 Å². The monoisotopic (exact) mass is 382 g/mol. The minimum Gasteiger partial charge on any atom is -0.497 e. The van der Waals surface area contributed by atoms with Crippen LogP contribution in [0.25, 0.3) is 0 Å². The van der Waals surface area contributed by atoms with Crippen molar-refractivity contribution in [2.24, 2.45) is 5.92 Å². The van der Waals surface area contributed by atoms with Crippen LogP contribution in [0.3, 0.4) is 0 Å². The summed E-state index contributed by atoms with van der Waals surface area (Å²) in [5.41, 5.74) is 1.50. The molecule has 3 rings (SSSR count). The van der Waals surface area contributed by atoms with Crippen molar-refractivity contribution in [2.45, 2.75) is 32.0 Å². The van der Waals surface area contributed by atoms with Crippen LogP contribution in [0.2, 0.25) is 0 Å². The maximum atomic E-state index is 13.3. The van der Waals surface area contributed by atoms with E-state index in [4.69, 9.17) is 4.74 Å². The van der Waals surface area contributed by atoms with Gasteiger partial charge >= 0.3 is 6.03 Å². The molecule has 28 heavy (non-hydrogen) atoms. The first-order valence-corrected chi connectivity index (χ1v) is 9.33. The molecule has 0 aliphatic carbocycles. The van der Waals surface area contributed by atoms with Crippen molar-refractivity contribution in [2.75, 3.05) is 14.2 Å². The fraction of sp³-hybridized carbons (Fsp3) is 0.364. The van der Waals surface area contributed by atoms with Crippen LogP contribution in [0, 0.1) is 5.92 Å². The molecule has 6 nitrogen and oxygen atoms in total. The number of ether oxygens (including phenoxy) is 1. The quantitative estimate of drug-likeness (QED) is 0.861. The second kappa shape index (κ2) is 8.02. The minimum atomic E-state index is -1.02. The average molecular weight is 382 g/mol. The van der Waals surface area contributed by atoms with Crippen LogP contribution in [0.5, 0.6) is 5.75 Å². The Labute approximate surface area is 165 Å². The number of nitrogens with zero attached hydrogens (tertiary/aromatic N) is 2. The molecule has 1 aliphatic heterocycles. The summed E-state index contributed by atoms with van der Waals surface area (Å²) in [7, 11) is 3.26. The fourth-order valence-corrected chi connectivity index (χ4v) is 3.64. The summed E-state index contributed by atoms with van der Waals surface area (Å²) in [5.74, 6) is -0.495. The van der Waals surface area contributed by atoms with Gasteiger partial charge in [0.2, 0.25) is 5.91 Å². The number of aliphatic hydroxyl groups excluding tert-OH is 1. The lowest BCUT2D eigenvalue weighted by molar-refractivity contribution is -0.136. The molecular weight excluding hydrogens is 356 g/mol. The molecule has 0 saturated carbocycles. The number of benzene rings is 2. The molecule has 2 aromatic carbocycles. The molecule has 2 aromatic rings. The van der Waals surface area contributed by atoms with Crippen LogP contribution in [0.4, 0.5) is 4.79 Å². The standard InChI is InChI=1S/C22H26N2O4/c1-14(20(25)17-10-12-18(28-4)13-11-17)21(26)24-19(15(2)23(3)22(24)27)16-8-6-5-7-9-16/h5-15,19-20,25H,1-4H3. The molecule has 0 bridgehead atoms. The summed E-state index contributed by atoms with van der Waals surface area (Å²) < 4.78 is 5.13. The Balaban J connectivity index is 1.88. The number of imide groups is 1. The highest BCUT2D eigenvalue weighted by molar-refractivity contribution is 5.98. The van der Waals surface area contributed by atoms with Gasteiger partial charge in [-0.2, -0.15) is 0 Å². The van der Waals surface area contributed by atoms with E-state index in [9.17, 15) is 14.7 Å². The lowest BCUT2D eigenvalue weighted by atomic mass is 9.94. The normalized spacial score (nSPS) is 21.5. The van der Waals surface area contributed by atoms with Crippen molar-refractivity contribution in [3.63, 3.8) is 0 Å². The summed E-state index contributed by atoms with van der Waals surface area (Å²) >= 11 is 0. The minimum absolute atomic E-state index is 0.163. The van der Waals surface area contributed by atoms with Crippen molar-refractivity contribution >= 4 is 11.9 Å². The molecule has 1 aliphatic rings. The van der Waals surface area contributed by atoms with Gasteiger partial charge in [-0.25, -0.2) is 4.79 Å². The van der Waals surface area contributed by atoms with Gasteiger partial charge < -0.3 is 14.7 Å². The molecule has 0 aromatic heterocycles. The summed E-state index contributed by atoms with van der Waals surface area (Å²) in [5, 5.41) is 10.7. The zero-order chi connectivity index (χ0) is 20.4. The summed E-state index contributed by atoms with van der Waals surface area (Å²) in [4.78, 5) is 28.9. The molecule has 3 amide bonds. The Kier molecular flexibility index (Phi) is 5.70. The number of amides is 3. The first-order chi connectivity index (χ1) is 13.4. The lowest BCUT2D eigenvalue weighted by Crippen LogP contribution is -2.41. The van der Waals surface area contributed by atoms with Gasteiger partial charge in [0.25, 0.3) is 0 Å². The number of hydrogen-bond donors (Lipinski definition) is 1. The van der Waals surface area contributed by atoms with Crippen LogP contribution in [-0.4, -0.2) is 47.0 Å². The second-order valence-corrected chi connectivity index (χ2v) is 7.20. The number of carbonyl (C=O) groups is 2. The molecule has 0 spiro atoms. The zero-order valence-electron chi connectivity index (χ0n) is 16.6. The highest BCUT2D eigenvalue weighted by atomic mass is 16.5. The van der Waals surface area contributed by atoms with Gasteiger partial charge in [0.1, 0.15) is 5.75 Å². The average Bonchev–Trinajstić information content (AvgIpc) is 2.96. The van der Waals surface area contributed by atoms with Gasteiger partial charge in [-0.1, -0.05) is 49.4 Å². The third-order valence-corrected chi connectivity index (χ3v) is 5.55. The zero-order valence-corrected chi connectivity index (χ0v) is 16.6. The molecule has 1 N–H and O–H groups in total. The number of urea groups is 1. The van der Waals surface area contributed by atoms with Crippen LogP contribution in [-0.2, 0) is 4.79 Å². The number of carbonyl (C=O) groups excluding carboxylic acids is 2. The molecule has 6 heteroatoms. The maximum Gasteiger partial charge on any atom is 0.327 e. The summed E-state index contributed by atoms with van der Waals surface area (Å²) in [6.07, 6.45) is -1.02. The predicted molar refractivity (Wildman–Crippen MR) is 106 cm³/mol. The Bertz CT molecular complexity index is 837. The highest BCUT2D eigenvalue weighted by Gasteiger charge is 2.47. The largest absolute Gasteiger partial charge is 0.497 e. The number of aliphatic hydroxyl groups is 1. The van der Waals surface area contributed by atoms with Crippen molar-refractivity contribution in [3.8, 4) is 5.75 Å². The molecule has 4 unspecified atom stereocenters. The summed E-state index contributed by atoms with van der Waals surface area (Å²) in [6, 6.07) is 15.5. The van der Waals surface area contributed by atoms with Gasteiger partial charge in [-0.15, -0.1) is 0 Å². The third-order valence-electron chi connectivity index (χ3n) is 5.55. The van der Waals surface area contributed by atoms with Gasteiger partial charge in [-0.05, 0) is 30.2 Å². The lowest BCUT2D eigenvalue weighted by Gasteiger charge is -2.28. The smallest absolute Gasteiger partial charge is 0.327 e. The van der Waals surface area contributed by atoms with Crippen LogP contribution in [0.15, 0.2) is 54.6 Å². The van der Waals surface area contributed by atoms with E-state index in [1.807, 2.05) is 37.3 Å². The predicted octanol–water partition coefficient (Wildman–Crippen LogP) is 3.39. The second-order valence-electron chi connectivity index (χ2n) is 7.20. The van der Waals surface area contributed by atoms with Crippen LogP contribution >= 0.6 is 0 Å². The van der Waals surface area contributed by atoms with E-state index < -0.39 is 24.0 Å². The van der Waals surface area contributed by atoms with Crippen LogP contribution < -0.4 is 4.74 Å². The topological polar surface area (TPSA) is 70.1 Å². The Morgan fingerprint density at radius 3 is 2.29 bits per heavy atom. The van der Waals surface area contributed by atoms with E-state index >= 15 is 0 Å². The van der Waals surface area contributed by atoms with Crippen molar-refractivity contribution < 1.29 is 19.4 Å². The molecule has 1 heterocycles. The van der Waals surface area contributed by atoms with Crippen LogP contribution in [0.1, 0.15) is 37.1 Å². The van der Waals surface area contributed by atoms with Gasteiger partial charge in [0.05, 0.1) is 31.2 Å². The number of hydrogen-bond acceptors (Lipinski definition) is 4. The Hall–Kier alpha value is -2.86. The van der Waals surface area contributed by atoms with E-state index in [1.54, 1.807) is 50.2 Å². The SMILES string of the molecule is COc1ccc(C(O)C(C)C(=O)N2C(=O)N(C)C(C)C2c2ccccc2)cc1. The van der Waals surface area contributed by atoms with Gasteiger partial charge in [0, 0.05) is 7.05 Å². The number of methoxy groups -OCH3 is 1. The molecule has 4 atom stereocenters. The first kappa shape index (κ1) is 19.9. The van der Waals surface area contributed by atoms with Gasteiger partial charge in [-0.3, -0.25) is 9.69 Å². The molecule has 1 saturated heterocycles. The molecule has 148 valence electrons. The van der Waals surface area contributed by atoms with Crippen molar-refractivity contribution in [3.05, 3.63) is 65.7 Å². The van der Waals surface area contributed by atoms with Gasteiger partial charge in [0.15, 0.2) is 0 Å². The van der Waals surface area contributed by atoms with Crippen molar-refractivity contribution in [1.82, 2.24) is 9.80 Å². The van der Waals surface area contributed by atoms with Crippen molar-refractivity contribution in [1.29, 1.82) is 0 Å².